The number of rotatable bonds is 8. The number of amides is 1. The van der Waals surface area contributed by atoms with Crippen LogP contribution in [-0.2, 0) is 11.8 Å². The van der Waals surface area contributed by atoms with Crippen LogP contribution in [-0.4, -0.2) is 59.5 Å². The van der Waals surface area contributed by atoms with Crippen LogP contribution in [0.2, 0.25) is 0 Å². The number of nitrogens with zero attached hydrogens (tertiary/aromatic N) is 7. The highest BCUT2D eigenvalue weighted by Gasteiger charge is 2.35. The van der Waals surface area contributed by atoms with Crippen molar-refractivity contribution in [1.82, 2.24) is 34.4 Å². The summed E-state index contributed by atoms with van der Waals surface area (Å²) in [4.78, 5) is 35.2. The van der Waals surface area contributed by atoms with Crippen molar-refractivity contribution >= 4 is 39.5 Å². The monoisotopic (exact) mass is 554 g/mol. The van der Waals surface area contributed by atoms with Gasteiger partial charge in [-0.15, -0.1) is 0 Å². The van der Waals surface area contributed by atoms with Crippen molar-refractivity contribution in [2.24, 2.45) is 7.05 Å². The maximum Gasteiger partial charge on any atom is 0.317 e. The number of halogens is 1. The fraction of sp³-hybridized carbons (Fsp3) is 0.241. The van der Waals surface area contributed by atoms with E-state index in [-0.39, 0.29) is 24.1 Å². The summed E-state index contributed by atoms with van der Waals surface area (Å²) >= 11 is 0. The number of imidazole rings is 1. The van der Waals surface area contributed by atoms with Gasteiger partial charge in [-0.1, -0.05) is 6.58 Å². The number of ether oxygens (including phenoxy) is 2. The van der Waals surface area contributed by atoms with Crippen LogP contribution in [0.4, 0.5) is 15.9 Å². The van der Waals surface area contributed by atoms with Gasteiger partial charge in [0.05, 0.1) is 18.0 Å². The Morgan fingerprint density at radius 3 is 2.78 bits per heavy atom. The molecule has 0 bridgehead atoms. The minimum Gasteiger partial charge on any atom is -0.460 e. The largest absolute Gasteiger partial charge is 0.460 e. The first-order valence-electron chi connectivity index (χ1n) is 13.0. The molecule has 0 radical (unpaired) electrons. The van der Waals surface area contributed by atoms with Crippen LogP contribution in [0.3, 0.4) is 0 Å². The first kappa shape index (κ1) is 26.1. The molecule has 0 spiro atoms. The molecule has 1 aliphatic rings. The van der Waals surface area contributed by atoms with E-state index in [1.807, 2.05) is 19.1 Å². The van der Waals surface area contributed by atoms with E-state index in [9.17, 15) is 9.18 Å². The summed E-state index contributed by atoms with van der Waals surface area (Å²) in [7, 11) is 3.50. The Labute approximate surface area is 234 Å². The van der Waals surface area contributed by atoms with Gasteiger partial charge in [0.1, 0.15) is 40.5 Å². The Hall–Kier alpha value is -5.13. The molecule has 0 saturated heterocycles. The average Bonchev–Trinajstić information content (AvgIpc) is 3.32. The first-order valence-corrected chi connectivity index (χ1v) is 13.0. The van der Waals surface area contributed by atoms with Gasteiger partial charge in [-0.3, -0.25) is 4.79 Å². The van der Waals surface area contributed by atoms with E-state index in [1.54, 1.807) is 48.2 Å². The van der Waals surface area contributed by atoms with Crippen molar-refractivity contribution in [2.75, 3.05) is 12.4 Å². The van der Waals surface area contributed by atoms with E-state index in [2.05, 4.69) is 36.8 Å². The second kappa shape index (κ2) is 10.5. The quantitative estimate of drug-likeness (QED) is 0.269. The molecule has 1 N–H and O–H groups in total. The number of fused-ring (bicyclic) bond motifs is 2. The molecule has 1 aliphatic carbocycles. The fourth-order valence-electron chi connectivity index (χ4n) is 4.79. The zero-order valence-corrected chi connectivity index (χ0v) is 22.7. The number of carbonyl (C=O) groups is 1. The van der Waals surface area contributed by atoms with Crippen molar-refractivity contribution < 1.29 is 18.7 Å². The third-order valence-corrected chi connectivity index (χ3v) is 7.17. The maximum atomic E-state index is 14.6. The summed E-state index contributed by atoms with van der Waals surface area (Å²) in [6, 6.07) is 8.90. The molecule has 6 rings (SSSR count). The first-order chi connectivity index (χ1) is 19.8. The summed E-state index contributed by atoms with van der Waals surface area (Å²) in [5.74, 6) is 0.913. The Morgan fingerprint density at radius 2 is 2.00 bits per heavy atom. The van der Waals surface area contributed by atoms with Crippen molar-refractivity contribution in [3.63, 3.8) is 0 Å². The molecule has 0 aliphatic heterocycles. The number of anilines is 2. The molecular formula is C29H27FN8O3. The molecule has 5 aromatic rings. The Balaban J connectivity index is 1.17. The van der Waals surface area contributed by atoms with E-state index >= 15 is 0 Å². The molecule has 2 aromatic carbocycles. The summed E-state index contributed by atoms with van der Waals surface area (Å²) in [6.45, 7) is 5.43. The van der Waals surface area contributed by atoms with Crippen LogP contribution >= 0.6 is 0 Å². The third kappa shape index (κ3) is 5.11. The third-order valence-electron chi connectivity index (χ3n) is 7.17. The Kier molecular flexibility index (Phi) is 6.66. The molecule has 41 heavy (non-hydrogen) atoms. The molecule has 1 amide bonds. The number of aryl methyl sites for hydroxylation is 2. The van der Waals surface area contributed by atoms with Crippen LogP contribution in [0.15, 0.2) is 61.8 Å². The smallest absolute Gasteiger partial charge is 0.317 e. The van der Waals surface area contributed by atoms with Gasteiger partial charge in [0.2, 0.25) is 5.91 Å². The topological polar surface area (TPSA) is 120 Å². The molecule has 1 fully saturated rings. The second-order valence-electron chi connectivity index (χ2n) is 9.96. The molecule has 0 unspecified atom stereocenters. The lowest BCUT2D eigenvalue weighted by molar-refractivity contribution is -0.130. The molecule has 208 valence electrons. The minimum atomic E-state index is -0.401. The molecule has 12 heteroatoms. The SMILES string of the molecule is C=CC(=O)N(C)C1CC(Oc2ncc3ncnc(Nc4ccc(Oc5cc(F)c6c(c5)ncn6C)c(C)c4)c3n2)C1. The predicted octanol–water partition coefficient (Wildman–Crippen LogP) is 4.84. The zero-order chi connectivity index (χ0) is 28.7. The molecule has 11 nitrogen and oxygen atoms in total. The number of carbonyl (C=O) groups excluding carboxylic acids is 1. The van der Waals surface area contributed by atoms with Gasteiger partial charge in [-0.2, -0.15) is 4.98 Å². The van der Waals surface area contributed by atoms with Gasteiger partial charge in [-0.25, -0.2) is 24.3 Å². The lowest BCUT2D eigenvalue weighted by Gasteiger charge is -2.39. The molecule has 3 aromatic heterocycles. The van der Waals surface area contributed by atoms with E-state index in [0.29, 0.717) is 52.2 Å². The standard InChI is InChI=1S/C29H27FN8O3/c1-5-25(39)38(4)18-9-19(10-18)41-29-31-13-23-26(36-29)28(33-14-32-23)35-17-6-7-24(16(2)8-17)40-20-11-21(30)27-22(12-20)34-15-37(27)3/h5-8,11-15,18-19H,1,9-10H2,2-4H3,(H,32,33,35). The minimum absolute atomic E-state index is 0.0960. The van der Waals surface area contributed by atoms with E-state index < -0.39 is 5.82 Å². The van der Waals surface area contributed by atoms with Crippen molar-refractivity contribution in [1.29, 1.82) is 0 Å². The molecule has 1 saturated carbocycles. The van der Waals surface area contributed by atoms with E-state index in [4.69, 9.17) is 9.47 Å². The van der Waals surface area contributed by atoms with E-state index in [0.717, 1.165) is 11.3 Å². The van der Waals surface area contributed by atoms with Gasteiger partial charge in [0.15, 0.2) is 11.6 Å². The van der Waals surface area contributed by atoms with Crippen molar-refractivity contribution in [3.8, 4) is 17.5 Å². The van der Waals surface area contributed by atoms with Gasteiger partial charge >= 0.3 is 6.01 Å². The highest BCUT2D eigenvalue weighted by molar-refractivity contribution is 5.87. The lowest BCUT2D eigenvalue weighted by Crippen LogP contribution is -2.49. The number of nitrogens with one attached hydrogen (secondary N) is 1. The summed E-state index contributed by atoms with van der Waals surface area (Å²) in [6.07, 6.45) is 7.17. The maximum absolute atomic E-state index is 14.6. The van der Waals surface area contributed by atoms with Gasteiger partial charge in [-0.05, 0) is 36.8 Å². The summed E-state index contributed by atoms with van der Waals surface area (Å²) in [5, 5.41) is 3.29. The van der Waals surface area contributed by atoms with Gasteiger partial charge < -0.3 is 24.3 Å². The highest BCUT2D eigenvalue weighted by Crippen LogP contribution is 2.33. The Morgan fingerprint density at radius 1 is 1.17 bits per heavy atom. The van der Waals surface area contributed by atoms with Crippen molar-refractivity contribution in [2.45, 2.75) is 31.9 Å². The van der Waals surface area contributed by atoms with Crippen LogP contribution in [0.1, 0.15) is 18.4 Å². The lowest BCUT2D eigenvalue weighted by atomic mass is 9.88. The Bertz CT molecular complexity index is 1800. The van der Waals surface area contributed by atoms with E-state index in [1.165, 1.54) is 18.5 Å². The van der Waals surface area contributed by atoms with Crippen LogP contribution in [0.5, 0.6) is 17.5 Å². The van der Waals surface area contributed by atoms with Crippen LogP contribution in [0, 0.1) is 12.7 Å². The summed E-state index contributed by atoms with van der Waals surface area (Å²) in [5.41, 5.74) is 3.58. The molecule has 3 heterocycles. The summed E-state index contributed by atoms with van der Waals surface area (Å²) < 4.78 is 28.2. The number of hydrogen-bond acceptors (Lipinski definition) is 9. The van der Waals surface area contributed by atoms with Crippen molar-refractivity contribution in [3.05, 3.63) is 73.2 Å². The van der Waals surface area contributed by atoms with Gasteiger partial charge in [0.25, 0.3) is 0 Å². The number of hydrogen-bond donors (Lipinski definition) is 1. The van der Waals surface area contributed by atoms with Gasteiger partial charge in [0, 0.05) is 50.8 Å². The molecule has 0 atom stereocenters. The number of benzene rings is 2. The fourth-order valence-corrected chi connectivity index (χ4v) is 4.79. The predicted molar refractivity (Wildman–Crippen MR) is 151 cm³/mol. The highest BCUT2D eigenvalue weighted by atomic mass is 19.1. The van der Waals surface area contributed by atoms with Crippen LogP contribution < -0.4 is 14.8 Å². The zero-order valence-electron chi connectivity index (χ0n) is 22.7. The normalized spacial score (nSPS) is 16.3. The average molecular weight is 555 g/mol. The number of aromatic nitrogens is 6. The second-order valence-corrected chi connectivity index (χ2v) is 9.96. The van der Waals surface area contributed by atoms with Crippen LogP contribution in [0.25, 0.3) is 22.1 Å². The number of likely N-dealkylation sites (N-methyl/N-ethyl adjacent to an activating group) is 1. The molecular weight excluding hydrogens is 527 g/mol.